The molecule has 1 heterocycles. The van der Waals surface area contributed by atoms with E-state index in [1.807, 2.05) is 0 Å². The summed E-state index contributed by atoms with van der Waals surface area (Å²) in [6, 6.07) is 3.96. The molecular formula is C14H11Cl2F3N2O. The molecule has 0 bridgehead atoms. The zero-order chi connectivity index (χ0) is 16.3. The van der Waals surface area contributed by atoms with Gasteiger partial charge in [-0.15, -0.1) is 0 Å². The van der Waals surface area contributed by atoms with Crippen LogP contribution in [-0.2, 0) is 6.54 Å². The molecule has 1 aromatic carbocycles. The average Bonchev–Trinajstić information content (AvgIpc) is 2.45. The Morgan fingerprint density at radius 3 is 2.55 bits per heavy atom. The Balaban J connectivity index is 2.50. The summed E-state index contributed by atoms with van der Waals surface area (Å²) in [6.45, 7) is -0.900. The maximum absolute atomic E-state index is 13.8. The van der Waals surface area contributed by atoms with E-state index >= 15 is 0 Å². The van der Waals surface area contributed by atoms with Crippen molar-refractivity contribution in [3.63, 3.8) is 0 Å². The van der Waals surface area contributed by atoms with Crippen LogP contribution in [0.1, 0.15) is 5.69 Å². The van der Waals surface area contributed by atoms with E-state index in [0.717, 1.165) is 0 Å². The standard InChI is InChI=1S/C14H11Cl2F3N2O/c15-8-2-9(7-1-11(17)12(4-20)21-5-7)14(10(16)3-8)22-6-13(18)19/h1-3,5,13H,4,6,20H2. The van der Waals surface area contributed by atoms with E-state index in [2.05, 4.69) is 4.98 Å². The van der Waals surface area contributed by atoms with Crippen LogP contribution < -0.4 is 10.5 Å². The Bertz CT molecular complexity index is 683. The van der Waals surface area contributed by atoms with Crippen molar-refractivity contribution in [1.29, 1.82) is 0 Å². The number of aromatic nitrogens is 1. The molecule has 118 valence electrons. The zero-order valence-corrected chi connectivity index (χ0v) is 12.6. The number of pyridine rings is 1. The Morgan fingerprint density at radius 2 is 1.95 bits per heavy atom. The molecule has 0 atom stereocenters. The highest BCUT2D eigenvalue weighted by atomic mass is 35.5. The first-order valence-corrected chi connectivity index (χ1v) is 6.92. The summed E-state index contributed by atoms with van der Waals surface area (Å²) in [5, 5.41) is 0.305. The van der Waals surface area contributed by atoms with Crippen LogP contribution >= 0.6 is 23.2 Å². The molecule has 2 N–H and O–H groups in total. The minimum atomic E-state index is -2.67. The highest BCUT2D eigenvalue weighted by molar-refractivity contribution is 6.36. The largest absolute Gasteiger partial charge is 0.485 e. The topological polar surface area (TPSA) is 48.1 Å². The van der Waals surface area contributed by atoms with Crippen LogP contribution in [0.25, 0.3) is 11.1 Å². The molecule has 1 aromatic heterocycles. The number of nitrogens with two attached hydrogens (primary N) is 1. The fraction of sp³-hybridized carbons (Fsp3) is 0.214. The first-order chi connectivity index (χ1) is 10.4. The van der Waals surface area contributed by atoms with E-state index in [1.54, 1.807) is 0 Å². The van der Waals surface area contributed by atoms with Gasteiger partial charge in [-0.25, -0.2) is 13.2 Å². The van der Waals surface area contributed by atoms with Gasteiger partial charge in [0.25, 0.3) is 6.43 Å². The highest BCUT2D eigenvalue weighted by Crippen LogP contribution is 2.39. The molecule has 0 amide bonds. The lowest BCUT2D eigenvalue weighted by atomic mass is 10.1. The number of benzene rings is 1. The summed E-state index contributed by atoms with van der Waals surface area (Å²) in [4.78, 5) is 3.88. The van der Waals surface area contributed by atoms with Crippen molar-refractivity contribution in [2.75, 3.05) is 6.61 Å². The van der Waals surface area contributed by atoms with E-state index in [9.17, 15) is 13.2 Å². The van der Waals surface area contributed by atoms with E-state index in [-0.39, 0.29) is 33.6 Å². The summed E-state index contributed by atoms with van der Waals surface area (Å²) < 4.78 is 43.5. The van der Waals surface area contributed by atoms with E-state index in [0.29, 0.717) is 5.56 Å². The fourth-order valence-electron chi connectivity index (χ4n) is 1.83. The van der Waals surface area contributed by atoms with Gasteiger partial charge in [0.2, 0.25) is 0 Å². The second kappa shape index (κ2) is 7.17. The number of alkyl halides is 2. The second-order valence-corrected chi connectivity index (χ2v) is 5.17. The minimum Gasteiger partial charge on any atom is -0.485 e. The van der Waals surface area contributed by atoms with Crippen LogP contribution in [-0.4, -0.2) is 18.0 Å². The van der Waals surface area contributed by atoms with Crippen LogP contribution in [0.3, 0.4) is 0 Å². The number of nitrogens with zero attached hydrogens (tertiary/aromatic N) is 1. The molecule has 0 radical (unpaired) electrons. The van der Waals surface area contributed by atoms with Crippen LogP contribution in [0.5, 0.6) is 5.75 Å². The van der Waals surface area contributed by atoms with Crippen molar-refractivity contribution in [3.05, 3.63) is 46.0 Å². The van der Waals surface area contributed by atoms with E-state index in [4.69, 9.17) is 33.7 Å². The normalized spacial score (nSPS) is 11.0. The number of hydrogen-bond acceptors (Lipinski definition) is 3. The summed E-state index contributed by atoms with van der Waals surface area (Å²) in [5.74, 6) is -0.621. The van der Waals surface area contributed by atoms with Crippen LogP contribution in [0, 0.1) is 5.82 Å². The lowest BCUT2D eigenvalue weighted by molar-refractivity contribution is 0.0822. The van der Waals surface area contributed by atoms with Crippen molar-refractivity contribution in [2.45, 2.75) is 13.0 Å². The van der Waals surface area contributed by atoms with Crippen molar-refractivity contribution in [3.8, 4) is 16.9 Å². The second-order valence-electron chi connectivity index (χ2n) is 4.32. The van der Waals surface area contributed by atoms with E-state index < -0.39 is 18.8 Å². The molecule has 0 aliphatic rings. The van der Waals surface area contributed by atoms with Crippen molar-refractivity contribution in [2.24, 2.45) is 5.73 Å². The molecule has 8 heteroatoms. The molecule has 2 rings (SSSR count). The Morgan fingerprint density at radius 1 is 1.23 bits per heavy atom. The summed E-state index contributed by atoms with van der Waals surface area (Å²) in [7, 11) is 0. The molecule has 0 unspecified atom stereocenters. The van der Waals surface area contributed by atoms with Crippen molar-refractivity contribution >= 4 is 23.2 Å². The molecule has 0 aliphatic carbocycles. The fourth-order valence-corrected chi connectivity index (χ4v) is 2.38. The molecule has 2 aromatic rings. The third-order valence-corrected chi connectivity index (χ3v) is 3.28. The summed E-state index contributed by atoms with van der Waals surface area (Å²) >= 11 is 11.9. The maximum Gasteiger partial charge on any atom is 0.272 e. The first kappa shape index (κ1) is 16.9. The summed E-state index contributed by atoms with van der Waals surface area (Å²) in [5.41, 5.74) is 6.00. The number of ether oxygens (including phenoxy) is 1. The zero-order valence-electron chi connectivity index (χ0n) is 11.1. The van der Waals surface area contributed by atoms with Gasteiger partial charge in [-0.2, -0.15) is 0 Å². The molecule has 0 saturated heterocycles. The maximum atomic E-state index is 13.8. The summed E-state index contributed by atoms with van der Waals surface area (Å²) in [6.07, 6.45) is -1.32. The predicted octanol–water partition coefficient (Wildman–Crippen LogP) is 4.30. The molecule has 0 aliphatic heterocycles. The van der Waals surface area contributed by atoms with Crippen molar-refractivity contribution < 1.29 is 17.9 Å². The average molecular weight is 351 g/mol. The number of rotatable bonds is 5. The minimum absolute atomic E-state index is 0.00642. The lowest BCUT2D eigenvalue weighted by Crippen LogP contribution is -2.08. The third-order valence-electron chi connectivity index (χ3n) is 2.78. The molecule has 3 nitrogen and oxygen atoms in total. The van der Waals surface area contributed by atoms with Gasteiger partial charge < -0.3 is 10.5 Å². The SMILES string of the molecule is NCc1ncc(-c2cc(Cl)cc(Cl)c2OCC(F)F)cc1F. The quantitative estimate of drug-likeness (QED) is 0.874. The predicted molar refractivity (Wildman–Crippen MR) is 79.0 cm³/mol. The van der Waals surface area contributed by atoms with Gasteiger partial charge in [-0.1, -0.05) is 23.2 Å². The first-order valence-electron chi connectivity index (χ1n) is 6.17. The molecular weight excluding hydrogens is 340 g/mol. The molecule has 0 saturated carbocycles. The van der Waals surface area contributed by atoms with Gasteiger partial charge in [0.15, 0.2) is 0 Å². The molecule has 22 heavy (non-hydrogen) atoms. The smallest absolute Gasteiger partial charge is 0.272 e. The van der Waals surface area contributed by atoms with Gasteiger partial charge in [-0.3, -0.25) is 4.98 Å². The van der Waals surface area contributed by atoms with E-state index in [1.165, 1.54) is 24.4 Å². The Hall–Kier alpha value is -1.50. The van der Waals surface area contributed by atoms with Crippen LogP contribution in [0.2, 0.25) is 10.0 Å². The van der Waals surface area contributed by atoms with Gasteiger partial charge in [-0.05, 0) is 18.2 Å². The Kier molecular flexibility index (Phi) is 5.50. The van der Waals surface area contributed by atoms with Crippen LogP contribution in [0.4, 0.5) is 13.2 Å². The van der Waals surface area contributed by atoms with Gasteiger partial charge >= 0.3 is 0 Å². The Labute approximate surface area is 134 Å². The van der Waals surface area contributed by atoms with Gasteiger partial charge in [0.05, 0.1) is 10.7 Å². The highest BCUT2D eigenvalue weighted by Gasteiger charge is 2.16. The van der Waals surface area contributed by atoms with Gasteiger partial charge in [0.1, 0.15) is 18.2 Å². The third kappa shape index (κ3) is 3.82. The molecule has 0 spiro atoms. The molecule has 0 fully saturated rings. The van der Waals surface area contributed by atoms with Gasteiger partial charge in [0, 0.05) is 28.9 Å². The number of hydrogen-bond donors (Lipinski definition) is 1. The monoisotopic (exact) mass is 350 g/mol. The lowest BCUT2D eigenvalue weighted by Gasteiger charge is -2.14. The van der Waals surface area contributed by atoms with Crippen LogP contribution in [0.15, 0.2) is 24.4 Å². The number of halogens is 5. The van der Waals surface area contributed by atoms with Crippen molar-refractivity contribution in [1.82, 2.24) is 4.98 Å².